The Hall–Kier alpha value is -2.31. The molecule has 1 aromatic carbocycles. The van der Waals surface area contributed by atoms with Gasteiger partial charge in [0.1, 0.15) is 0 Å². The van der Waals surface area contributed by atoms with Gasteiger partial charge in [0.25, 0.3) is 0 Å². The average Bonchev–Trinajstić information content (AvgIpc) is 3.21. The largest absolute Gasteiger partial charge is 0.454 e. The molecule has 2 atom stereocenters. The minimum Gasteiger partial charge on any atom is -0.454 e. The Balaban J connectivity index is 1.51. The van der Waals surface area contributed by atoms with Gasteiger partial charge in [0, 0.05) is 24.7 Å². The molecule has 0 aliphatic carbocycles. The molecule has 0 unspecified atom stereocenters. The third-order valence-electron chi connectivity index (χ3n) is 5.88. The zero-order valence-electron chi connectivity index (χ0n) is 18.4. The average molecular weight is 444 g/mol. The van der Waals surface area contributed by atoms with E-state index in [0.29, 0.717) is 16.5 Å². The van der Waals surface area contributed by atoms with Crippen LogP contribution < -0.4 is 14.8 Å². The van der Waals surface area contributed by atoms with E-state index in [1.54, 1.807) is 6.20 Å². The SMILES string of the molecule is CC(C)(C)C(=O)N[C@@H](c1ccccn1)[C@@H]1CCCN(Cc2cc(Cl)c3c(c2)OCO3)C1. The van der Waals surface area contributed by atoms with E-state index in [2.05, 4.69) is 15.2 Å². The molecule has 2 aliphatic rings. The van der Waals surface area contributed by atoms with Crippen LogP contribution in [0.25, 0.3) is 0 Å². The molecule has 1 amide bonds. The van der Waals surface area contributed by atoms with E-state index in [-0.39, 0.29) is 24.7 Å². The van der Waals surface area contributed by atoms with Crippen molar-refractivity contribution >= 4 is 17.5 Å². The molecule has 1 aromatic heterocycles. The number of halogens is 1. The number of pyridine rings is 1. The number of benzene rings is 1. The van der Waals surface area contributed by atoms with Gasteiger partial charge in [0.15, 0.2) is 11.5 Å². The maximum Gasteiger partial charge on any atom is 0.231 e. The molecule has 2 aromatic rings. The number of carbonyl (C=O) groups is 1. The summed E-state index contributed by atoms with van der Waals surface area (Å²) in [6.07, 6.45) is 3.91. The first-order valence-corrected chi connectivity index (χ1v) is 11.2. The van der Waals surface area contributed by atoms with Crippen molar-refractivity contribution in [1.29, 1.82) is 0 Å². The van der Waals surface area contributed by atoms with E-state index in [1.807, 2.05) is 51.1 Å². The summed E-state index contributed by atoms with van der Waals surface area (Å²) in [6.45, 7) is 8.68. The lowest BCUT2D eigenvalue weighted by molar-refractivity contribution is -0.130. The molecule has 2 aliphatic heterocycles. The Labute approximate surface area is 188 Å². The molecule has 1 fully saturated rings. The monoisotopic (exact) mass is 443 g/mol. The van der Waals surface area contributed by atoms with Crippen LogP contribution in [0.4, 0.5) is 0 Å². The van der Waals surface area contributed by atoms with Crippen molar-refractivity contribution < 1.29 is 14.3 Å². The lowest BCUT2D eigenvalue weighted by atomic mass is 9.86. The summed E-state index contributed by atoms with van der Waals surface area (Å²) in [7, 11) is 0. The number of ether oxygens (including phenoxy) is 2. The predicted molar refractivity (Wildman–Crippen MR) is 120 cm³/mol. The molecule has 1 saturated heterocycles. The highest BCUT2D eigenvalue weighted by molar-refractivity contribution is 6.32. The van der Waals surface area contributed by atoms with E-state index in [9.17, 15) is 4.79 Å². The fourth-order valence-corrected chi connectivity index (χ4v) is 4.52. The van der Waals surface area contributed by atoms with Gasteiger partial charge >= 0.3 is 0 Å². The molecule has 0 saturated carbocycles. The number of fused-ring (bicyclic) bond motifs is 1. The highest BCUT2D eigenvalue weighted by Gasteiger charge is 2.33. The van der Waals surface area contributed by atoms with Crippen LogP contribution in [0.3, 0.4) is 0 Å². The normalized spacial score (nSPS) is 19.8. The number of amides is 1. The van der Waals surface area contributed by atoms with Gasteiger partial charge < -0.3 is 14.8 Å². The van der Waals surface area contributed by atoms with Crippen LogP contribution in [0.5, 0.6) is 11.5 Å². The third kappa shape index (κ3) is 5.13. The van der Waals surface area contributed by atoms with Crippen LogP contribution in [-0.4, -0.2) is 35.7 Å². The zero-order chi connectivity index (χ0) is 22.0. The molecular formula is C24H30ClN3O3. The first kappa shape index (κ1) is 21.9. The summed E-state index contributed by atoms with van der Waals surface area (Å²) < 4.78 is 10.9. The maximum atomic E-state index is 12.8. The Morgan fingerprint density at radius 1 is 1.32 bits per heavy atom. The molecule has 0 bridgehead atoms. The number of likely N-dealkylation sites (tertiary alicyclic amines) is 1. The molecule has 0 spiro atoms. The topological polar surface area (TPSA) is 63.7 Å². The highest BCUT2D eigenvalue weighted by Crippen LogP contribution is 2.40. The molecule has 0 radical (unpaired) electrons. The second-order valence-electron chi connectivity index (χ2n) is 9.40. The summed E-state index contributed by atoms with van der Waals surface area (Å²) in [5, 5.41) is 3.87. The number of piperidine rings is 1. The minimum atomic E-state index is -0.454. The van der Waals surface area contributed by atoms with Crippen LogP contribution >= 0.6 is 11.6 Å². The lowest BCUT2D eigenvalue weighted by Gasteiger charge is -2.38. The Morgan fingerprint density at radius 2 is 2.16 bits per heavy atom. The predicted octanol–water partition coefficient (Wildman–Crippen LogP) is 4.58. The van der Waals surface area contributed by atoms with Crippen molar-refractivity contribution in [2.45, 2.75) is 46.2 Å². The number of hydrogen-bond acceptors (Lipinski definition) is 5. The Bertz CT molecular complexity index is 930. The van der Waals surface area contributed by atoms with Crippen LogP contribution in [0.2, 0.25) is 5.02 Å². The zero-order valence-corrected chi connectivity index (χ0v) is 19.1. The molecular weight excluding hydrogens is 414 g/mol. The fraction of sp³-hybridized carbons (Fsp3) is 0.500. The highest BCUT2D eigenvalue weighted by atomic mass is 35.5. The van der Waals surface area contributed by atoms with Gasteiger partial charge in [-0.25, -0.2) is 0 Å². The Morgan fingerprint density at radius 3 is 2.90 bits per heavy atom. The quantitative estimate of drug-likeness (QED) is 0.732. The molecule has 4 rings (SSSR count). The summed E-state index contributed by atoms with van der Waals surface area (Å²) in [4.78, 5) is 19.8. The van der Waals surface area contributed by atoms with Crippen LogP contribution in [-0.2, 0) is 11.3 Å². The van der Waals surface area contributed by atoms with Gasteiger partial charge in [-0.05, 0) is 55.1 Å². The molecule has 1 N–H and O–H groups in total. The van der Waals surface area contributed by atoms with E-state index < -0.39 is 5.41 Å². The standard InChI is InChI=1S/C24H30ClN3O3/c1-24(2,3)23(29)27-21(19-8-4-5-9-26-19)17-7-6-10-28(14-17)13-16-11-18(25)22-20(12-16)30-15-31-22/h4-5,8-9,11-12,17,21H,6-7,10,13-15H2,1-3H3,(H,27,29)/t17-,21-/m1/s1. The van der Waals surface area contributed by atoms with Gasteiger partial charge in [-0.2, -0.15) is 0 Å². The van der Waals surface area contributed by atoms with Crippen molar-refractivity contribution in [1.82, 2.24) is 15.2 Å². The number of carbonyl (C=O) groups excluding carboxylic acids is 1. The number of aromatic nitrogens is 1. The summed E-state index contributed by atoms with van der Waals surface area (Å²) in [5.74, 6) is 1.66. The van der Waals surface area contributed by atoms with Crippen molar-refractivity contribution in [3.8, 4) is 11.5 Å². The lowest BCUT2D eigenvalue weighted by Crippen LogP contribution is -2.45. The van der Waals surface area contributed by atoms with Crippen molar-refractivity contribution in [3.05, 3.63) is 52.8 Å². The second kappa shape index (κ2) is 9.05. The van der Waals surface area contributed by atoms with E-state index >= 15 is 0 Å². The molecule has 7 heteroatoms. The van der Waals surface area contributed by atoms with Gasteiger partial charge in [-0.3, -0.25) is 14.7 Å². The third-order valence-corrected chi connectivity index (χ3v) is 6.16. The fourth-order valence-electron chi connectivity index (χ4n) is 4.23. The number of hydrogen-bond donors (Lipinski definition) is 1. The van der Waals surface area contributed by atoms with Crippen molar-refractivity contribution in [3.63, 3.8) is 0 Å². The number of rotatable bonds is 5. The molecule has 166 valence electrons. The van der Waals surface area contributed by atoms with Crippen molar-refractivity contribution in [2.75, 3.05) is 19.9 Å². The van der Waals surface area contributed by atoms with E-state index in [0.717, 1.165) is 43.7 Å². The second-order valence-corrected chi connectivity index (χ2v) is 9.81. The van der Waals surface area contributed by atoms with Gasteiger partial charge in [0.05, 0.1) is 16.8 Å². The van der Waals surface area contributed by atoms with Crippen molar-refractivity contribution in [2.24, 2.45) is 11.3 Å². The van der Waals surface area contributed by atoms with E-state index in [1.165, 1.54) is 0 Å². The first-order valence-electron chi connectivity index (χ1n) is 10.8. The molecule has 31 heavy (non-hydrogen) atoms. The van der Waals surface area contributed by atoms with Gasteiger partial charge in [-0.1, -0.05) is 38.4 Å². The summed E-state index contributed by atoms with van der Waals surface area (Å²) in [5.41, 5.74) is 1.56. The first-order chi connectivity index (χ1) is 14.8. The number of nitrogens with zero attached hydrogens (tertiary/aromatic N) is 2. The molecule has 6 nitrogen and oxygen atoms in total. The molecule has 3 heterocycles. The number of nitrogens with one attached hydrogen (secondary N) is 1. The maximum absolute atomic E-state index is 12.8. The smallest absolute Gasteiger partial charge is 0.231 e. The Kier molecular flexibility index (Phi) is 6.39. The van der Waals surface area contributed by atoms with Crippen LogP contribution in [0.1, 0.15) is 50.9 Å². The minimum absolute atomic E-state index is 0.0443. The summed E-state index contributed by atoms with van der Waals surface area (Å²) in [6, 6.07) is 9.74. The van der Waals surface area contributed by atoms with Crippen LogP contribution in [0.15, 0.2) is 36.5 Å². The van der Waals surface area contributed by atoms with E-state index in [4.69, 9.17) is 21.1 Å². The van der Waals surface area contributed by atoms with Gasteiger partial charge in [-0.15, -0.1) is 0 Å². The van der Waals surface area contributed by atoms with Crippen LogP contribution in [0, 0.1) is 11.3 Å². The van der Waals surface area contributed by atoms with Gasteiger partial charge in [0.2, 0.25) is 12.7 Å². The summed E-state index contributed by atoms with van der Waals surface area (Å²) >= 11 is 6.37.